The number of benzene rings is 2. The Kier molecular flexibility index (Phi) is 8.43. The number of aromatic nitrogens is 1. The quantitative estimate of drug-likeness (QED) is 0.264. The molecule has 1 amide bonds. The van der Waals surface area contributed by atoms with E-state index < -0.39 is 15.9 Å². The molecule has 38 heavy (non-hydrogen) atoms. The van der Waals surface area contributed by atoms with Crippen LogP contribution in [-0.4, -0.2) is 55.1 Å². The van der Waals surface area contributed by atoms with Gasteiger partial charge in [-0.05, 0) is 82.1 Å². The van der Waals surface area contributed by atoms with Gasteiger partial charge >= 0.3 is 5.97 Å². The van der Waals surface area contributed by atoms with Gasteiger partial charge in [-0.2, -0.15) is 9.41 Å². The number of esters is 1. The molecule has 1 fully saturated rings. The number of ether oxygens (including phenoxy) is 1. The molecule has 1 aromatic heterocycles. The number of hydrogen-bond acceptors (Lipinski definition) is 6. The van der Waals surface area contributed by atoms with Crippen LogP contribution in [0.25, 0.3) is 5.69 Å². The van der Waals surface area contributed by atoms with E-state index in [1.807, 2.05) is 36.6 Å². The first-order valence-corrected chi connectivity index (χ1v) is 14.1. The summed E-state index contributed by atoms with van der Waals surface area (Å²) in [5.41, 5.74) is 6.73. The van der Waals surface area contributed by atoms with E-state index in [9.17, 15) is 18.0 Å². The lowest BCUT2D eigenvalue weighted by molar-refractivity contribution is 0.0526. The molecule has 0 atom stereocenters. The minimum Gasteiger partial charge on any atom is -0.462 e. The third-order valence-electron chi connectivity index (χ3n) is 6.53. The zero-order chi connectivity index (χ0) is 27.3. The maximum atomic E-state index is 13.0. The van der Waals surface area contributed by atoms with E-state index in [0.717, 1.165) is 41.9 Å². The summed E-state index contributed by atoms with van der Waals surface area (Å²) in [6.07, 6.45) is 4.26. The Morgan fingerprint density at radius 3 is 2.39 bits per heavy atom. The molecule has 1 saturated heterocycles. The highest BCUT2D eigenvalue weighted by atomic mass is 32.2. The SMILES string of the molecule is CCOC(=O)c1ccc(-n2c(C)cc(/C=N\NC(=O)c3cccc(S(=O)(=O)N4CCCCC4)c3)c2C)cc1. The van der Waals surface area contributed by atoms with Crippen molar-refractivity contribution in [1.29, 1.82) is 0 Å². The molecule has 4 rings (SSSR count). The minimum atomic E-state index is -3.64. The Balaban J connectivity index is 1.46. The maximum absolute atomic E-state index is 13.0. The molecule has 0 saturated carbocycles. The summed E-state index contributed by atoms with van der Waals surface area (Å²) in [5.74, 6) is -0.862. The van der Waals surface area contributed by atoms with Gasteiger partial charge in [-0.25, -0.2) is 18.6 Å². The Morgan fingerprint density at radius 1 is 1.00 bits per heavy atom. The average Bonchev–Trinajstić information content (AvgIpc) is 3.21. The van der Waals surface area contributed by atoms with Gasteiger partial charge in [0.05, 0.1) is 23.3 Å². The topological polar surface area (TPSA) is 110 Å². The first kappa shape index (κ1) is 27.3. The summed E-state index contributed by atoms with van der Waals surface area (Å²) in [5, 5.41) is 4.11. The standard InChI is InChI=1S/C28H32N4O5S/c1-4-37-28(34)22-11-13-25(14-12-22)32-20(2)17-24(21(32)3)19-29-30-27(33)23-9-8-10-26(18-23)38(35,36)31-15-6-5-7-16-31/h8-14,17-19H,4-7,15-16H2,1-3H3,(H,30,33)/b29-19-. The second kappa shape index (κ2) is 11.7. The lowest BCUT2D eigenvalue weighted by atomic mass is 10.2. The third-order valence-corrected chi connectivity index (χ3v) is 8.42. The first-order chi connectivity index (χ1) is 18.2. The van der Waals surface area contributed by atoms with Crippen molar-refractivity contribution in [1.82, 2.24) is 14.3 Å². The fourth-order valence-corrected chi connectivity index (χ4v) is 6.12. The number of hydrazone groups is 1. The lowest BCUT2D eigenvalue weighted by Crippen LogP contribution is -2.35. The molecule has 1 aliphatic heterocycles. The van der Waals surface area contributed by atoms with Crippen LogP contribution in [0.5, 0.6) is 0 Å². The van der Waals surface area contributed by atoms with Crippen LogP contribution in [0.1, 0.15) is 63.9 Å². The number of carbonyl (C=O) groups is 2. The number of rotatable bonds is 8. The zero-order valence-electron chi connectivity index (χ0n) is 21.8. The van der Waals surface area contributed by atoms with E-state index in [0.29, 0.717) is 25.3 Å². The number of carbonyl (C=O) groups excluding carboxylic acids is 2. The Bertz CT molecular complexity index is 1450. The smallest absolute Gasteiger partial charge is 0.338 e. The number of amides is 1. The molecular formula is C28H32N4O5S. The van der Waals surface area contributed by atoms with Crippen molar-refractivity contribution < 1.29 is 22.7 Å². The lowest BCUT2D eigenvalue weighted by Gasteiger charge is -2.25. The predicted molar refractivity (Wildman–Crippen MR) is 145 cm³/mol. The van der Waals surface area contributed by atoms with Crippen molar-refractivity contribution in [3.05, 3.63) is 82.7 Å². The van der Waals surface area contributed by atoms with Crippen LogP contribution >= 0.6 is 0 Å². The second-order valence-electron chi connectivity index (χ2n) is 9.12. The van der Waals surface area contributed by atoms with Crippen LogP contribution in [0.15, 0.2) is 64.6 Å². The fraction of sp³-hybridized carbons (Fsp3) is 0.321. The summed E-state index contributed by atoms with van der Waals surface area (Å²) in [6, 6.07) is 15.1. The third kappa shape index (κ3) is 5.87. The minimum absolute atomic E-state index is 0.105. The highest BCUT2D eigenvalue weighted by Gasteiger charge is 2.26. The van der Waals surface area contributed by atoms with E-state index in [-0.39, 0.29) is 16.4 Å². The molecule has 3 aromatic rings. The molecule has 0 unspecified atom stereocenters. The van der Waals surface area contributed by atoms with E-state index in [4.69, 9.17) is 4.74 Å². The monoisotopic (exact) mass is 536 g/mol. The van der Waals surface area contributed by atoms with E-state index in [1.165, 1.54) is 16.4 Å². The van der Waals surface area contributed by atoms with Gasteiger partial charge in [-0.3, -0.25) is 4.79 Å². The molecule has 2 aromatic carbocycles. The molecule has 0 radical (unpaired) electrons. The fourth-order valence-electron chi connectivity index (χ4n) is 4.55. The molecule has 0 bridgehead atoms. The highest BCUT2D eigenvalue weighted by Crippen LogP contribution is 2.22. The van der Waals surface area contributed by atoms with Crippen LogP contribution in [0.4, 0.5) is 0 Å². The Hall–Kier alpha value is -3.76. The number of sulfonamides is 1. The highest BCUT2D eigenvalue weighted by molar-refractivity contribution is 7.89. The Morgan fingerprint density at radius 2 is 1.71 bits per heavy atom. The van der Waals surface area contributed by atoms with Crippen molar-refractivity contribution >= 4 is 28.1 Å². The summed E-state index contributed by atoms with van der Waals surface area (Å²) in [4.78, 5) is 24.8. The molecule has 9 nitrogen and oxygen atoms in total. The summed E-state index contributed by atoms with van der Waals surface area (Å²) in [7, 11) is -3.64. The number of nitrogens with zero attached hydrogens (tertiary/aromatic N) is 3. The van der Waals surface area contributed by atoms with Crippen LogP contribution in [-0.2, 0) is 14.8 Å². The molecule has 1 N–H and O–H groups in total. The van der Waals surface area contributed by atoms with Crippen molar-refractivity contribution in [3.63, 3.8) is 0 Å². The summed E-state index contributed by atoms with van der Waals surface area (Å²) in [6.45, 7) is 6.97. The number of hydrogen-bond donors (Lipinski definition) is 1. The molecule has 1 aliphatic rings. The van der Waals surface area contributed by atoms with Gasteiger partial charge in [-0.15, -0.1) is 0 Å². The molecule has 0 spiro atoms. The number of piperidine rings is 1. The van der Waals surface area contributed by atoms with Gasteiger partial charge in [0, 0.05) is 41.3 Å². The summed E-state index contributed by atoms with van der Waals surface area (Å²) < 4.78 is 34.5. The average molecular weight is 537 g/mol. The predicted octanol–water partition coefficient (Wildman–Crippen LogP) is 4.21. The number of aryl methyl sites for hydroxylation is 1. The molecule has 10 heteroatoms. The van der Waals surface area contributed by atoms with Gasteiger partial charge in [0.15, 0.2) is 0 Å². The van der Waals surface area contributed by atoms with E-state index >= 15 is 0 Å². The van der Waals surface area contributed by atoms with Crippen LogP contribution in [0.2, 0.25) is 0 Å². The van der Waals surface area contributed by atoms with Crippen molar-refractivity contribution in [2.45, 2.75) is 44.9 Å². The van der Waals surface area contributed by atoms with Gasteiger partial charge < -0.3 is 9.30 Å². The Labute approximate surface area is 223 Å². The van der Waals surface area contributed by atoms with Gasteiger partial charge in [-0.1, -0.05) is 12.5 Å². The van der Waals surface area contributed by atoms with E-state index in [2.05, 4.69) is 10.5 Å². The largest absolute Gasteiger partial charge is 0.462 e. The van der Waals surface area contributed by atoms with Crippen molar-refractivity contribution in [3.8, 4) is 5.69 Å². The van der Waals surface area contributed by atoms with Crippen LogP contribution in [0.3, 0.4) is 0 Å². The van der Waals surface area contributed by atoms with Gasteiger partial charge in [0.1, 0.15) is 0 Å². The van der Waals surface area contributed by atoms with Crippen LogP contribution in [0, 0.1) is 13.8 Å². The van der Waals surface area contributed by atoms with Crippen LogP contribution < -0.4 is 5.43 Å². The van der Waals surface area contributed by atoms with E-state index in [1.54, 1.807) is 37.4 Å². The molecule has 200 valence electrons. The molecule has 0 aliphatic carbocycles. The van der Waals surface area contributed by atoms with Crippen molar-refractivity contribution in [2.24, 2.45) is 5.10 Å². The molecular weight excluding hydrogens is 504 g/mol. The first-order valence-electron chi connectivity index (χ1n) is 12.6. The van der Waals surface area contributed by atoms with Gasteiger partial charge in [0.25, 0.3) is 5.91 Å². The summed E-state index contributed by atoms with van der Waals surface area (Å²) >= 11 is 0. The molecule has 2 heterocycles. The maximum Gasteiger partial charge on any atom is 0.338 e. The second-order valence-corrected chi connectivity index (χ2v) is 11.1. The normalized spacial score (nSPS) is 14.5. The van der Waals surface area contributed by atoms with Gasteiger partial charge in [0.2, 0.25) is 10.0 Å². The van der Waals surface area contributed by atoms with Crippen molar-refractivity contribution in [2.75, 3.05) is 19.7 Å². The number of nitrogens with one attached hydrogen (secondary N) is 1. The zero-order valence-corrected chi connectivity index (χ0v) is 22.6.